The van der Waals surface area contributed by atoms with Crippen LogP contribution in [0.1, 0.15) is 39.5 Å². The molecule has 1 saturated carbocycles. The maximum absolute atomic E-state index is 12.4. The summed E-state index contributed by atoms with van der Waals surface area (Å²) in [6, 6.07) is 6.22. The monoisotopic (exact) mass is 353 g/mol. The van der Waals surface area contributed by atoms with Crippen molar-refractivity contribution in [2.24, 2.45) is 17.6 Å². The number of nitrogens with two attached hydrogens (primary N) is 1. The van der Waals surface area contributed by atoms with Crippen LogP contribution in [0.3, 0.4) is 0 Å². The van der Waals surface area contributed by atoms with Crippen LogP contribution < -0.4 is 15.8 Å². The number of anilines is 1. The molecule has 1 aromatic rings. The summed E-state index contributed by atoms with van der Waals surface area (Å²) in [5, 5.41) is 2.84. The Morgan fingerprint density at radius 2 is 2.12 bits per heavy atom. The van der Waals surface area contributed by atoms with E-state index in [2.05, 4.69) is 10.0 Å². The summed E-state index contributed by atoms with van der Waals surface area (Å²) in [5.74, 6) is 0.0462. The van der Waals surface area contributed by atoms with Crippen LogP contribution in [-0.2, 0) is 14.8 Å². The summed E-state index contributed by atoms with van der Waals surface area (Å²) in [6.45, 7) is 4.24. The van der Waals surface area contributed by atoms with Gasteiger partial charge in [-0.1, -0.05) is 19.4 Å². The zero-order chi connectivity index (χ0) is 17.7. The van der Waals surface area contributed by atoms with Crippen LogP contribution >= 0.6 is 0 Å². The molecule has 0 bridgehead atoms. The van der Waals surface area contributed by atoms with Gasteiger partial charge in [-0.3, -0.25) is 4.79 Å². The van der Waals surface area contributed by atoms with Gasteiger partial charge >= 0.3 is 0 Å². The first kappa shape index (κ1) is 18.9. The maximum atomic E-state index is 12.4. The predicted molar refractivity (Wildman–Crippen MR) is 95.0 cm³/mol. The molecule has 0 saturated heterocycles. The highest BCUT2D eigenvalue weighted by molar-refractivity contribution is 7.89. The third-order valence-corrected chi connectivity index (χ3v) is 6.27. The van der Waals surface area contributed by atoms with Gasteiger partial charge in [0.1, 0.15) is 0 Å². The third-order valence-electron chi connectivity index (χ3n) is 4.68. The number of hydrogen-bond donors (Lipinski definition) is 3. The highest BCUT2D eigenvalue weighted by Gasteiger charge is 2.32. The van der Waals surface area contributed by atoms with Crippen LogP contribution in [0.5, 0.6) is 0 Å². The summed E-state index contributed by atoms with van der Waals surface area (Å²) in [6.07, 6.45) is 3.52. The van der Waals surface area contributed by atoms with Gasteiger partial charge in [0.05, 0.1) is 4.90 Å². The van der Waals surface area contributed by atoms with E-state index in [-0.39, 0.29) is 28.7 Å². The molecule has 0 radical (unpaired) electrons. The van der Waals surface area contributed by atoms with Gasteiger partial charge in [-0.05, 0) is 56.8 Å². The van der Waals surface area contributed by atoms with E-state index >= 15 is 0 Å². The van der Waals surface area contributed by atoms with Crippen molar-refractivity contribution in [1.29, 1.82) is 0 Å². The van der Waals surface area contributed by atoms with E-state index < -0.39 is 10.0 Å². The average Bonchev–Trinajstić information content (AvgIpc) is 3.03. The molecule has 4 N–H and O–H groups in total. The summed E-state index contributed by atoms with van der Waals surface area (Å²) in [4.78, 5) is 12.6. The van der Waals surface area contributed by atoms with Gasteiger partial charge in [-0.2, -0.15) is 0 Å². The molecular formula is C17H27N3O3S. The van der Waals surface area contributed by atoms with Crippen LogP contribution in [0.25, 0.3) is 0 Å². The number of carbonyl (C=O) groups excluding carboxylic acids is 1. The Kier molecular flexibility index (Phi) is 6.37. The van der Waals surface area contributed by atoms with Crippen LogP contribution in [0, 0.1) is 11.8 Å². The Balaban J connectivity index is 2.11. The van der Waals surface area contributed by atoms with Gasteiger partial charge in [0.2, 0.25) is 15.9 Å². The van der Waals surface area contributed by atoms with Crippen molar-refractivity contribution < 1.29 is 13.2 Å². The number of benzene rings is 1. The minimum absolute atomic E-state index is 0.0765. The van der Waals surface area contributed by atoms with Gasteiger partial charge in [-0.15, -0.1) is 0 Å². The summed E-state index contributed by atoms with van der Waals surface area (Å²) < 4.78 is 27.3. The fourth-order valence-electron chi connectivity index (χ4n) is 3.06. The molecule has 1 aliphatic rings. The SMILES string of the molecule is CCC(C)NS(=O)(=O)c1cccc(NC(=O)[C@@H]2CCC[C@@H]2CN)c1. The van der Waals surface area contributed by atoms with E-state index in [4.69, 9.17) is 5.73 Å². The Labute approximate surface area is 144 Å². The van der Waals surface area contributed by atoms with Crippen molar-refractivity contribution in [3.05, 3.63) is 24.3 Å². The molecule has 3 atom stereocenters. The van der Waals surface area contributed by atoms with Crippen LogP contribution in [0.15, 0.2) is 29.2 Å². The quantitative estimate of drug-likeness (QED) is 0.698. The van der Waals surface area contributed by atoms with Crippen molar-refractivity contribution >= 4 is 21.6 Å². The second-order valence-corrected chi connectivity index (χ2v) is 8.19. The van der Waals surface area contributed by atoms with Crippen molar-refractivity contribution in [2.45, 2.75) is 50.5 Å². The number of sulfonamides is 1. The molecule has 1 unspecified atom stereocenters. The van der Waals surface area contributed by atoms with Crippen LogP contribution in [-0.4, -0.2) is 26.9 Å². The van der Waals surface area contributed by atoms with Crippen molar-refractivity contribution in [3.8, 4) is 0 Å². The molecule has 134 valence electrons. The lowest BCUT2D eigenvalue weighted by molar-refractivity contribution is -0.120. The summed E-state index contributed by atoms with van der Waals surface area (Å²) in [5.41, 5.74) is 6.22. The molecule has 2 rings (SSSR count). The molecule has 1 amide bonds. The van der Waals surface area contributed by atoms with Crippen LogP contribution in [0.4, 0.5) is 5.69 Å². The van der Waals surface area contributed by atoms with E-state index in [0.717, 1.165) is 19.3 Å². The molecule has 7 heteroatoms. The highest BCUT2D eigenvalue weighted by Crippen LogP contribution is 2.32. The zero-order valence-electron chi connectivity index (χ0n) is 14.3. The molecule has 0 aliphatic heterocycles. The number of carbonyl (C=O) groups is 1. The van der Waals surface area contributed by atoms with E-state index in [1.807, 2.05) is 13.8 Å². The fourth-order valence-corrected chi connectivity index (χ4v) is 4.43. The predicted octanol–water partition coefficient (Wildman–Crippen LogP) is 2.08. The average molecular weight is 353 g/mol. The van der Waals surface area contributed by atoms with E-state index in [1.54, 1.807) is 12.1 Å². The molecule has 1 aliphatic carbocycles. The summed E-state index contributed by atoms with van der Waals surface area (Å²) in [7, 11) is -3.59. The Hall–Kier alpha value is -1.44. The zero-order valence-corrected chi connectivity index (χ0v) is 15.1. The van der Waals surface area contributed by atoms with E-state index in [1.165, 1.54) is 12.1 Å². The number of amides is 1. The molecule has 0 heterocycles. The second kappa shape index (κ2) is 8.09. The Bertz CT molecular complexity index is 675. The smallest absolute Gasteiger partial charge is 0.240 e. The lowest BCUT2D eigenvalue weighted by Gasteiger charge is -2.18. The van der Waals surface area contributed by atoms with Gasteiger partial charge < -0.3 is 11.1 Å². The topological polar surface area (TPSA) is 101 Å². The second-order valence-electron chi connectivity index (χ2n) is 6.48. The van der Waals surface area contributed by atoms with E-state index in [9.17, 15) is 13.2 Å². The van der Waals surface area contributed by atoms with Gasteiger partial charge in [-0.25, -0.2) is 13.1 Å². The van der Waals surface area contributed by atoms with Crippen molar-refractivity contribution in [1.82, 2.24) is 4.72 Å². The van der Waals surface area contributed by atoms with Gasteiger partial charge in [0, 0.05) is 17.6 Å². The Morgan fingerprint density at radius 1 is 1.38 bits per heavy atom. The van der Waals surface area contributed by atoms with E-state index in [0.29, 0.717) is 18.7 Å². The first-order valence-electron chi connectivity index (χ1n) is 8.50. The third kappa shape index (κ3) is 4.55. The van der Waals surface area contributed by atoms with Gasteiger partial charge in [0.15, 0.2) is 0 Å². The number of hydrogen-bond acceptors (Lipinski definition) is 4. The molecule has 0 spiro atoms. The molecule has 0 aromatic heterocycles. The maximum Gasteiger partial charge on any atom is 0.240 e. The fraction of sp³-hybridized carbons (Fsp3) is 0.588. The van der Waals surface area contributed by atoms with Crippen LogP contribution in [0.2, 0.25) is 0 Å². The molecule has 24 heavy (non-hydrogen) atoms. The highest BCUT2D eigenvalue weighted by atomic mass is 32.2. The first-order chi connectivity index (χ1) is 11.4. The normalized spacial score (nSPS) is 22.3. The number of nitrogens with one attached hydrogen (secondary N) is 2. The standard InChI is InChI=1S/C17H27N3O3S/c1-3-12(2)20-24(22,23)15-8-5-7-14(10-15)19-17(21)16-9-4-6-13(16)11-18/h5,7-8,10,12-13,16,20H,3-4,6,9,11,18H2,1-2H3,(H,19,21)/t12?,13-,16-/m1/s1. The van der Waals surface area contributed by atoms with Crippen molar-refractivity contribution in [2.75, 3.05) is 11.9 Å². The first-order valence-corrected chi connectivity index (χ1v) is 9.99. The molecule has 1 aromatic carbocycles. The summed E-state index contributed by atoms with van der Waals surface area (Å²) >= 11 is 0. The molecule has 6 nitrogen and oxygen atoms in total. The lowest BCUT2D eigenvalue weighted by atomic mass is 9.95. The van der Waals surface area contributed by atoms with Gasteiger partial charge in [0.25, 0.3) is 0 Å². The van der Waals surface area contributed by atoms with Crippen molar-refractivity contribution in [3.63, 3.8) is 0 Å². The minimum Gasteiger partial charge on any atom is -0.330 e. The Morgan fingerprint density at radius 3 is 2.79 bits per heavy atom. The molecular weight excluding hydrogens is 326 g/mol. The molecule has 1 fully saturated rings. The largest absolute Gasteiger partial charge is 0.330 e. The minimum atomic E-state index is -3.59. The lowest BCUT2D eigenvalue weighted by Crippen LogP contribution is -2.32. The number of rotatable bonds is 7.